The molecule has 1 rings (SSSR count). The van der Waals surface area contributed by atoms with Crippen LogP contribution in [0, 0.1) is 6.92 Å². The molecule has 0 amide bonds. The zero-order valence-corrected chi connectivity index (χ0v) is 10.3. The molecule has 1 atom stereocenters. The Bertz CT molecular complexity index is 326. The number of hydrogen-bond acceptors (Lipinski definition) is 3. The minimum absolute atomic E-state index is 0.0482. The monoisotopic (exact) mass is 223 g/mol. The zero-order valence-electron chi connectivity index (χ0n) is 10.3. The van der Waals surface area contributed by atoms with E-state index in [0.29, 0.717) is 19.8 Å². The molecule has 0 heterocycles. The number of benzene rings is 1. The molecular formula is C13H21NO2. The normalized spacial score (nSPS) is 12.5. The van der Waals surface area contributed by atoms with E-state index in [-0.39, 0.29) is 6.10 Å². The smallest absolute Gasteiger partial charge is 0.124 e. The SMILES string of the molecule is CCOCC(C)Oc1cc(C)ccc1CN. The lowest BCUT2D eigenvalue weighted by molar-refractivity contribution is 0.0652. The molecule has 1 unspecified atom stereocenters. The van der Waals surface area contributed by atoms with Crippen LogP contribution in [0.15, 0.2) is 18.2 Å². The van der Waals surface area contributed by atoms with Crippen molar-refractivity contribution in [3.05, 3.63) is 29.3 Å². The van der Waals surface area contributed by atoms with E-state index in [1.54, 1.807) is 0 Å². The number of ether oxygens (including phenoxy) is 2. The maximum absolute atomic E-state index is 5.81. The van der Waals surface area contributed by atoms with Gasteiger partial charge in [0, 0.05) is 18.7 Å². The maximum Gasteiger partial charge on any atom is 0.124 e. The summed E-state index contributed by atoms with van der Waals surface area (Å²) in [5.74, 6) is 0.870. The summed E-state index contributed by atoms with van der Waals surface area (Å²) in [6.07, 6.45) is 0.0482. The van der Waals surface area contributed by atoms with Gasteiger partial charge in [-0.1, -0.05) is 12.1 Å². The number of hydrogen-bond donors (Lipinski definition) is 1. The predicted octanol–water partition coefficient (Wildman–Crippen LogP) is 2.26. The van der Waals surface area contributed by atoms with Crippen LogP contribution < -0.4 is 10.5 Å². The Labute approximate surface area is 97.6 Å². The molecule has 0 fully saturated rings. The van der Waals surface area contributed by atoms with Crippen molar-refractivity contribution in [1.29, 1.82) is 0 Å². The predicted molar refractivity (Wildman–Crippen MR) is 65.7 cm³/mol. The maximum atomic E-state index is 5.81. The van der Waals surface area contributed by atoms with Gasteiger partial charge in [0.1, 0.15) is 11.9 Å². The van der Waals surface area contributed by atoms with Gasteiger partial charge >= 0.3 is 0 Å². The lowest BCUT2D eigenvalue weighted by Crippen LogP contribution is -2.20. The van der Waals surface area contributed by atoms with Crippen molar-refractivity contribution in [3.8, 4) is 5.75 Å². The molecule has 1 aromatic carbocycles. The van der Waals surface area contributed by atoms with Gasteiger partial charge in [0.25, 0.3) is 0 Å². The highest BCUT2D eigenvalue weighted by Crippen LogP contribution is 2.21. The Kier molecular flexibility index (Phi) is 5.29. The number of rotatable bonds is 6. The van der Waals surface area contributed by atoms with Crippen LogP contribution in [0.1, 0.15) is 25.0 Å². The summed E-state index contributed by atoms with van der Waals surface area (Å²) in [4.78, 5) is 0. The van der Waals surface area contributed by atoms with E-state index in [9.17, 15) is 0 Å². The van der Waals surface area contributed by atoms with Crippen LogP contribution in [0.2, 0.25) is 0 Å². The van der Waals surface area contributed by atoms with E-state index >= 15 is 0 Å². The zero-order chi connectivity index (χ0) is 12.0. The first-order chi connectivity index (χ1) is 7.67. The van der Waals surface area contributed by atoms with Crippen molar-refractivity contribution < 1.29 is 9.47 Å². The second kappa shape index (κ2) is 6.51. The summed E-state index contributed by atoms with van der Waals surface area (Å²) in [5, 5.41) is 0. The van der Waals surface area contributed by atoms with Gasteiger partial charge in [-0.25, -0.2) is 0 Å². The summed E-state index contributed by atoms with van der Waals surface area (Å²) >= 11 is 0. The molecule has 16 heavy (non-hydrogen) atoms. The van der Waals surface area contributed by atoms with Crippen molar-refractivity contribution in [1.82, 2.24) is 0 Å². The third kappa shape index (κ3) is 3.83. The number of nitrogens with two attached hydrogens (primary N) is 1. The van der Waals surface area contributed by atoms with Crippen LogP contribution in [0.3, 0.4) is 0 Å². The van der Waals surface area contributed by atoms with Gasteiger partial charge in [-0.2, -0.15) is 0 Å². The van der Waals surface area contributed by atoms with Crippen LogP contribution in [-0.4, -0.2) is 19.3 Å². The van der Waals surface area contributed by atoms with E-state index in [2.05, 4.69) is 0 Å². The Morgan fingerprint density at radius 1 is 1.38 bits per heavy atom. The number of aryl methyl sites for hydroxylation is 1. The quantitative estimate of drug-likeness (QED) is 0.804. The third-order valence-electron chi connectivity index (χ3n) is 2.33. The first-order valence-electron chi connectivity index (χ1n) is 5.71. The summed E-state index contributed by atoms with van der Waals surface area (Å²) in [6, 6.07) is 6.07. The lowest BCUT2D eigenvalue weighted by atomic mass is 10.1. The molecule has 0 aromatic heterocycles. The van der Waals surface area contributed by atoms with Crippen LogP contribution in [0.25, 0.3) is 0 Å². The topological polar surface area (TPSA) is 44.5 Å². The van der Waals surface area contributed by atoms with E-state index in [1.807, 2.05) is 39.0 Å². The molecule has 1 aromatic rings. The van der Waals surface area contributed by atoms with Gasteiger partial charge in [-0.05, 0) is 32.4 Å². The summed E-state index contributed by atoms with van der Waals surface area (Å²) in [7, 11) is 0. The van der Waals surface area contributed by atoms with Gasteiger partial charge in [0.15, 0.2) is 0 Å². The molecule has 0 bridgehead atoms. The molecule has 3 nitrogen and oxygen atoms in total. The average molecular weight is 223 g/mol. The Morgan fingerprint density at radius 2 is 2.12 bits per heavy atom. The van der Waals surface area contributed by atoms with Crippen LogP contribution in [-0.2, 0) is 11.3 Å². The van der Waals surface area contributed by atoms with E-state index in [4.69, 9.17) is 15.2 Å². The third-order valence-corrected chi connectivity index (χ3v) is 2.33. The Morgan fingerprint density at radius 3 is 2.75 bits per heavy atom. The fraction of sp³-hybridized carbons (Fsp3) is 0.538. The Balaban J connectivity index is 2.67. The molecule has 0 spiro atoms. The molecule has 0 saturated heterocycles. The summed E-state index contributed by atoms with van der Waals surface area (Å²) in [5.41, 5.74) is 7.88. The van der Waals surface area contributed by atoms with Crippen LogP contribution >= 0.6 is 0 Å². The van der Waals surface area contributed by atoms with Crippen LogP contribution in [0.4, 0.5) is 0 Å². The molecule has 2 N–H and O–H groups in total. The summed E-state index contributed by atoms with van der Waals surface area (Å²) < 4.78 is 11.1. The van der Waals surface area contributed by atoms with E-state index in [0.717, 1.165) is 11.3 Å². The lowest BCUT2D eigenvalue weighted by Gasteiger charge is -2.17. The fourth-order valence-corrected chi connectivity index (χ4v) is 1.47. The van der Waals surface area contributed by atoms with Crippen LogP contribution in [0.5, 0.6) is 5.75 Å². The minimum atomic E-state index is 0.0482. The van der Waals surface area contributed by atoms with Crippen molar-refractivity contribution in [2.75, 3.05) is 13.2 Å². The van der Waals surface area contributed by atoms with Gasteiger partial charge in [-0.15, -0.1) is 0 Å². The molecule has 0 radical (unpaired) electrons. The van der Waals surface area contributed by atoms with Crippen molar-refractivity contribution >= 4 is 0 Å². The molecule has 90 valence electrons. The largest absolute Gasteiger partial charge is 0.488 e. The molecule has 0 aliphatic carbocycles. The highest BCUT2D eigenvalue weighted by molar-refractivity contribution is 5.37. The molecule has 0 aliphatic rings. The first kappa shape index (κ1) is 13.0. The highest BCUT2D eigenvalue weighted by atomic mass is 16.5. The van der Waals surface area contributed by atoms with Crippen molar-refractivity contribution in [3.63, 3.8) is 0 Å². The molecule has 3 heteroatoms. The second-order valence-corrected chi connectivity index (χ2v) is 3.90. The van der Waals surface area contributed by atoms with E-state index in [1.165, 1.54) is 5.56 Å². The Hall–Kier alpha value is -1.06. The standard InChI is InChI=1S/C13H21NO2/c1-4-15-9-11(3)16-13-7-10(2)5-6-12(13)8-14/h5-7,11H,4,8-9,14H2,1-3H3. The average Bonchev–Trinajstić information content (AvgIpc) is 2.27. The minimum Gasteiger partial charge on any atom is -0.488 e. The van der Waals surface area contributed by atoms with Crippen molar-refractivity contribution in [2.24, 2.45) is 5.73 Å². The van der Waals surface area contributed by atoms with E-state index < -0.39 is 0 Å². The summed E-state index contributed by atoms with van der Waals surface area (Å²) in [6.45, 7) is 7.83. The van der Waals surface area contributed by atoms with Gasteiger partial charge in [0.2, 0.25) is 0 Å². The van der Waals surface area contributed by atoms with Gasteiger partial charge in [-0.3, -0.25) is 0 Å². The van der Waals surface area contributed by atoms with Gasteiger partial charge in [0.05, 0.1) is 6.61 Å². The molecule has 0 saturated carbocycles. The highest BCUT2D eigenvalue weighted by Gasteiger charge is 2.07. The second-order valence-electron chi connectivity index (χ2n) is 3.90. The van der Waals surface area contributed by atoms with Crippen molar-refractivity contribution in [2.45, 2.75) is 33.4 Å². The van der Waals surface area contributed by atoms with Gasteiger partial charge < -0.3 is 15.2 Å². The molecule has 0 aliphatic heterocycles. The fourth-order valence-electron chi connectivity index (χ4n) is 1.47. The first-order valence-corrected chi connectivity index (χ1v) is 5.71. The molecular weight excluding hydrogens is 202 g/mol.